The lowest BCUT2D eigenvalue weighted by molar-refractivity contribution is -0.143. The summed E-state index contributed by atoms with van der Waals surface area (Å²) in [5, 5.41) is 15.9. The summed E-state index contributed by atoms with van der Waals surface area (Å²) in [4.78, 5) is 86.5. The maximum absolute atomic E-state index is 14.3. The highest BCUT2D eigenvalue weighted by atomic mass is 16.5. The van der Waals surface area contributed by atoms with Gasteiger partial charge in [-0.1, -0.05) is 86.4 Å². The summed E-state index contributed by atoms with van der Waals surface area (Å²) in [5.74, 6) is -3.19. The fraction of sp³-hybridized carbons (Fsp3) is 0.720. The van der Waals surface area contributed by atoms with Gasteiger partial charge in [0.05, 0.1) is 42.7 Å². The van der Waals surface area contributed by atoms with E-state index < -0.39 is 48.1 Å². The largest absolute Gasteiger partial charge is 0.481 e. The Hall–Kier alpha value is -4.34. The number of para-hydroxylation sites is 1. The molecular formula is C50H82N6O9. The number of hydrogen-bond donors (Lipinski definition) is 5. The average Bonchev–Trinajstić information content (AvgIpc) is 3.91. The number of primary amides is 1. The molecule has 1 aromatic carbocycles. The van der Waals surface area contributed by atoms with Gasteiger partial charge in [-0.2, -0.15) is 0 Å². The van der Waals surface area contributed by atoms with Crippen LogP contribution in [0.4, 0.5) is 0 Å². The number of carbonyl (C=O) groups is 6. The van der Waals surface area contributed by atoms with Gasteiger partial charge in [0.2, 0.25) is 23.6 Å². The summed E-state index contributed by atoms with van der Waals surface area (Å²) in [5.41, 5.74) is 7.58. The van der Waals surface area contributed by atoms with Gasteiger partial charge in [0.1, 0.15) is 6.04 Å². The Balaban J connectivity index is 1.67. The van der Waals surface area contributed by atoms with Crippen molar-refractivity contribution in [2.24, 2.45) is 41.2 Å². The molecule has 2 aromatic rings. The molecule has 3 rings (SSSR count). The summed E-state index contributed by atoms with van der Waals surface area (Å²) in [6.07, 6.45) is 6.82. The van der Waals surface area contributed by atoms with Crippen LogP contribution in [-0.4, -0.2) is 126 Å². The van der Waals surface area contributed by atoms with Crippen LogP contribution in [-0.2, 0) is 44.7 Å². The number of aromatic nitrogens is 1. The third-order valence-electron chi connectivity index (χ3n) is 13.9. The molecule has 1 fully saturated rings. The van der Waals surface area contributed by atoms with Crippen molar-refractivity contribution >= 4 is 46.3 Å². The van der Waals surface area contributed by atoms with E-state index in [0.717, 1.165) is 42.1 Å². The fourth-order valence-electron chi connectivity index (χ4n) is 9.83. The molecule has 2 heterocycles. The smallest absolute Gasteiger partial charge is 0.303 e. The zero-order valence-corrected chi connectivity index (χ0v) is 41.2. The minimum Gasteiger partial charge on any atom is -0.481 e. The summed E-state index contributed by atoms with van der Waals surface area (Å²) in [6.45, 7) is 16.9. The maximum atomic E-state index is 14.3. The van der Waals surface area contributed by atoms with Crippen molar-refractivity contribution in [3.8, 4) is 0 Å². The Bertz CT molecular complexity index is 1850. The van der Waals surface area contributed by atoms with Gasteiger partial charge < -0.3 is 40.8 Å². The number of likely N-dealkylation sites (N-methyl/N-ethyl adjacent to an activating group) is 1. The highest BCUT2D eigenvalue weighted by Crippen LogP contribution is 2.33. The topological polar surface area (TPSA) is 213 Å². The lowest BCUT2D eigenvalue weighted by Gasteiger charge is -2.36. The molecular weight excluding hydrogens is 829 g/mol. The van der Waals surface area contributed by atoms with E-state index in [2.05, 4.69) is 29.5 Å². The van der Waals surface area contributed by atoms with E-state index in [-0.39, 0.29) is 78.4 Å². The molecule has 0 bridgehead atoms. The molecule has 65 heavy (non-hydrogen) atoms. The zero-order valence-electron chi connectivity index (χ0n) is 41.2. The van der Waals surface area contributed by atoms with Crippen molar-refractivity contribution in [1.29, 1.82) is 0 Å². The Kier molecular flexibility index (Phi) is 22.6. The molecule has 366 valence electrons. The molecule has 2 unspecified atom stereocenters. The van der Waals surface area contributed by atoms with Crippen LogP contribution in [0.15, 0.2) is 30.5 Å². The van der Waals surface area contributed by atoms with Gasteiger partial charge in [0.15, 0.2) is 5.78 Å². The molecule has 1 saturated heterocycles. The molecule has 6 N–H and O–H groups in total. The molecule has 15 nitrogen and oxygen atoms in total. The quantitative estimate of drug-likeness (QED) is 0.0567. The number of ether oxygens (including phenoxy) is 2. The van der Waals surface area contributed by atoms with E-state index in [1.165, 1.54) is 0 Å². The van der Waals surface area contributed by atoms with E-state index >= 15 is 0 Å². The molecule has 1 aliphatic rings. The van der Waals surface area contributed by atoms with Crippen LogP contribution in [0, 0.1) is 35.5 Å². The number of nitrogens with zero attached hydrogens (tertiary/aromatic N) is 2. The number of Topliss-reactive ketones (excluding diaryl/α,β-unsaturated/α-hetero) is 1. The number of benzene rings is 1. The van der Waals surface area contributed by atoms with Crippen molar-refractivity contribution < 1.29 is 43.3 Å². The number of carboxylic acid groups (broad SMARTS) is 1. The molecule has 1 aliphatic heterocycles. The number of ketones is 1. The highest BCUT2D eigenvalue weighted by Gasteiger charge is 2.42. The lowest BCUT2D eigenvalue weighted by Crippen LogP contribution is -2.55. The number of aromatic amines is 1. The summed E-state index contributed by atoms with van der Waals surface area (Å²) in [7, 11) is 5.07. The number of methoxy groups -OCH3 is 2. The first-order valence-electron chi connectivity index (χ1n) is 24.0. The van der Waals surface area contributed by atoms with Crippen LogP contribution in [0.2, 0.25) is 0 Å². The van der Waals surface area contributed by atoms with Gasteiger partial charge >= 0.3 is 5.97 Å². The highest BCUT2D eigenvalue weighted by molar-refractivity contribution is 5.92. The molecule has 4 amide bonds. The number of unbranched alkanes of at least 4 members (excludes halogenated alkanes) is 2. The summed E-state index contributed by atoms with van der Waals surface area (Å²) in [6, 6.07) is 5.30. The number of rotatable bonds is 30. The summed E-state index contributed by atoms with van der Waals surface area (Å²) < 4.78 is 12.1. The molecule has 0 spiro atoms. The number of aliphatic carboxylic acids is 1. The first-order chi connectivity index (χ1) is 30.8. The van der Waals surface area contributed by atoms with Crippen LogP contribution in [0.3, 0.4) is 0 Å². The van der Waals surface area contributed by atoms with E-state index in [4.69, 9.17) is 20.3 Å². The van der Waals surface area contributed by atoms with E-state index in [0.29, 0.717) is 38.8 Å². The number of carboxylic acids is 1. The van der Waals surface area contributed by atoms with E-state index in [9.17, 15) is 28.8 Å². The minimum absolute atomic E-state index is 0.00781. The SMILES string of the molecule is CC[C@H](C)C(CCC(C)C(=O)[C@@H](NC(=O)[C@H](C(C)C)N(C)CCCCCC(=O)O)C(C)C)[C@@H](CC(=O)N1CCC[C@H]1[C@H](OC)[C@@H](C)C(=O)N[C@@H](Cc1c[nH]c2ccccc12)C(N)=O)OC. The first-order valence-corrected chi connectivity index (χ1v) is 24.0. The van der Waals surface area contributed by atoms with Gasteiger partial charge in [-0.3, -0.25) is 33.7 Å². The fourth-order valence-corrected chi connectivity index (χ4v) is 9.83. The van der Waals surface area contributed by atoms with Crippen LogP contribution >= 0.6 is 0 Å². The van der Waals surface area contributed by atoms with Crippen LogP contribution in [0.1, 0.15) is 125 Å². The Labute approximate surface area is 388 Å². The van der Waals surface area contributed by atoms with Crippen molar-refractivity contribution in [3.63, 3.8) is 0 Å². The number of carbonyl (C=O) groups excluding carboxylic acids is 5. The number of likely N-dealkylation sites (tertiary alicyclic amines) is 1. The normalized spacial score (nSPS) is 18.5. The van der Waals surface area contributed by atoms with Gasteiger partial charge in [-0.05, 0) is 87.4 Å². The van der Waals surface area contributed by atoms with Crippen molar-refractivity contribution in [1.82, 2.24) is 25.4 Å². The number of fused-ring (bicyclic) bond motifs is 1. The third-order valence-corrected chi connectivity index (χ3v) is 13.9. The molecule has 0 saturated carbocycles. The Morgan fingerprint density at radius 1 is 0.923 bits per heavy atom. The molecule has 0 radical (unpaired) electrons. The second-order valence-corrected chi connectivity index (χ2v) is 19.3. The first kappa shape index (κ1) is 55.0. The lowest BCUT2D eigenvalue weighted by atomic mass is 9.79. The van der Waals surface area contributed by atoms with Gasteiger partial charge in [0, 0.05) is 56.6 Å². The Morgan fingerprint density at radius 2 is 1.62 bits per heavy atom. The predicted octanol–water partition coefficient (Wildman–Crippen LogP) is 6.12. The van der Waals surface area contributed by atoms with Crippen molar-refractivity contribution in [2.75, 3.05) is 34.4 Å². The summed E-state index contributed by atoms with van der Waals surface area (Å²) >= 11 is 0. The number of nitrogens with two attached hydrogens (primary N) is 1. The number of H-pyrrole nitrogens is 1. The number of nitrogens with one attached hydrogen (secondary N) is 3. The predicted molar refractivity (Wildman–Crippen MR) is 254 cm³/mol. The van der Waals surface area contributed by atoms with Gasteiger partial charge in [-0.25, -0.2) is 0 Å². The third kappa shape index (κ3) is 15.6. The van der Waals surface area contributed by atoms with E-state index in [1.807, 2.05) is 81.9 Å². The average molecular weight is 911 g/mol. The second kappa shape index (κ2) is 26.7. The van der Waals surface area contributed by atoms with Gasteiger partial charge in [-0.15, -0.1) is 0 Å². The van der Waals surface area contributed by atoms with Crippen molar-refractivity contribution in [3.05, 3.63) is 36.0 Å². The van der Waals surface area contributed by atoms with Crippen LogP contribution in [0.25, 0.3) is 10.9 Å². The number of hydrogen-bond acceptors (Lipinski definition) is 9. The zero-order chi connectivity index (χ0) is 48.5. The minimum atomic E-state index is -0.944. The second-order valence-electron chi connectivity index (χ2n) is 19.3. The molecule has 1 aromatic heterocycles. The molecule has 0 aliphatic carbocycles. The monoisotopic (exact) mass is 911 g/mol. The number of amides is 4. The van der Waals surface area contributed by atoms with Crippen LogP contribution < -0.4 is 16.4 Å². The molecule has 10 atom stereocenters. The van der Waals surface area contributed by atoms with Crippen molar-refractivity contribution in [2.45, 2.75) is 162 Å². The standard InChI is InChI=1S/C50H82N6O9/c1-12-32(6)36(24-23-33(7)46(60)44(30(2)3)54-50(63)45(31(4)5)55(9)25-17-13-14-22-43(58)59)41(64-10)28-42(57)56-26-18-21-40(56)47(65-11)34(8)49(62)53-39(48(51)61)27-35-29-52-38-20-16-15-19-37(35)38/h15-16,19-20,29-34,36,39-41,44-45,47,52H,12-14,17-18,21-28H2,1-11H3,(H2,51,61)(H,53,62)(H,54,63)(H,58,59)/t32-,33?,34+,36?,39-,40-,41+,44-,45-,47+/m0/s1. The van der Waals surface area contributed by atoms with Crippen LogP contribution in [0.5, 0.6) is 0 Å². The van der Waals surface area contributed by atoms with E-state index in [1.54, 1.807) is 21.1 Å². The molecule has 15 heteroatoms. The maximum Gasteiger partial charge on any atom is 0.303 e. The van der Waals surface area contributed by atoms with Gasteiger partial charge in [0.25, 0.3) is 0 Å². The Morgan fingerprint density at radius 3 is 2.22 bits per heavy atom.